The van der Waals surface area contributed by atoms with Crippen LogP contribution < -0.4 is 4.74 Å². The molecule has 5 aromatic rings. The second kappa shape index (κ2) is 13.0. The highest BCUT2D eigenvalue weighted by Gasteiger charge is 2.37. The number of carboxylic acids is 1. The Balaban J connectivity index is 1.47. The van der Waals surface area contributed by atoms with Crippen LogP contribution in [0.15, 0.2) is 54.9 Å². The van der Waals surface area contributed by atoms with Crippen molar-refractivity contribution in [2.75, 3.05) is 11.5 Å². The molecule has 4 aromatic heterocycles. The standard InChI is InChI=1S/C36H41FN6O5S/c1-22(33(44)45)18-23-8-6-9-30(40-23)36(4)14-7-13-35(2,3)21-49(46,47)17-12-26-25-11-16-38-28(25)20-27(37)31(26)48-24-10-15-39-29(19-24)32-41-34(36)42-43(32)5/h6,8-11,15-16,19-20,22,38H,7,12-14,17-18,21H2,1-5H3,(H,44,45)/t22-,36?/m0/s1. The van der Waals surface area contributed by atoms with Crippen molar-refractivity contribution in [2.45, 2.75) is 65.2 Å². The lowest BCUT2D eigenvalue weighted by Gasteiger charge is -2.30. The first-order valence-corrected chi connectivity index (χ1v) is 18.2. The fraction of sp³-hybridized carbons (Fsp3) is 0.417. The highest BCUT2D eigenvalue weighted by atomic mass is 32.2. The Labute approximate surface area is 284 Å². The second-order valence-electron chi connectivity index (χ2n) is 14.1. The van der Waals surface area contributed by atoms with Crippen LogP contribution in [-0.4, -0.2) is 60.7 Å². The molecule has 0 radical (unpaired) electrons. The maximum atomic E-state index is 15.6. The number of halogens is 1. The third kappa shape index (κ3) is 7.22. The van der Waals surface area contributed by atoms with E-state index in [2.05, 4.69) is 9.97 Å². The van der Waals surface area contributed by atoms with Gasteiger partial charge in [0.1, 0.15) is 11.4 Å². The van der Waals surface area contributed by atoms with Crippen molar-refractivity contribution in [3.63, 3.8) is 0 Å². The molecule has 11 nitrogen and oxygen atoms in total. The van der Waals surface area contributed by atoms with E-state index in [9.17, 15) is 18.3 Å². The number of sulfone groups is 1. The molecular weight excluding hydrogens is 647 g/mol. The number of hydrogen-bond donors (Lipinski definition) is 2. The highest BCUT2D eigenvalue weighted by molar-refractivity contribution is 7.91. The fourth-order valence-corrected chi connectivity index (χ4v) is 8.71. The van der Waals surface area contributed by atoms with Crippen molar-refractivity contribution in [3.05, 3.63) is 83.5 Å². The molecule has 5 heterocycles. The summed E-state index contributed by atoms with van der Waals surface area (Å²) in [6, 6.07) is 12.0. The average Bonchev–Trinajstić information content (AvgIpc) is 3.66. The van der Waals surface area contributed by atoms with Gasteiger partial charge in [-0.2, -0.15) is 5.10 Å². The van der Waals surface area contributed by atoms with Crippen LogP contribution in [0.25, 0.3) is 22.4 Å². The van der Waals surface area contributed by atoms with Crippen LogP contribution in [0.5, 0.6) is 11.5 Å². The number of carbonyl (C=O) groups is 1. The summed E-state index contributed by atoms with van der Waals surface area (Å²) in [7, 11) is -1.79. The van der Waals surface area contributed by atoms with Gasteiger partial charge in [0.25, 0.3) is 0 Å². The van der Waals surface area contributed by atoms with Crippen molar-refractivity contribution >= 4 is 26.7 Å². The Morgan fingerprint density at radius 1 is 1.14 bits per heavy atom. The van der Waals surface area contributed by atoms with Crippen LogP contribution in [0.4, 0.5) is 4.39 Å². The molecule has 49 heavy (non-hydrogen) atoms. The predicted octanol–water partition coefficient (Wildman–Crippen LogP) is 6.42. The molecule has 2 atom stereocenters. The number of rotatable bonds is 4. The van der Waals surface area contributed by atoms with Gasteiger partial charge in [0.15, 0.2) is 33.1 Å². The van der Waals surface area contributed by atoms with Crippen LogP contribution in [0.2, 0.25) is 0 Å². The largest absolute Gasteiger partial charge is 0.481 e. The molecule has 4 bridgehead atoms. The van der Waals surface area contributed by atoms with Gasteiger partial charge < -0.3 is 14.8 Å². The van der Waals surface area contributed by atoms with Gasteiger partial charge >= 0.3 is 5.97 Å². The van der Waals surface area contributed by atoms with Gasteiger partial charge in [-0.25, -0.2) is 22.5 Å². The predicted molar refractivity (Wildman–Crippen MR) is 184 cm³/mol. The van der Waals surface area contributed by atoms with Gasteiger partial charge in [-0.1, -0.05) is 33.3 Å². The molecule has 1 unspecified atom stereocenters. The Morgan fingerprint density at radius 2 is 1.94 bits per heavy atom. The van der Waals surface area contributed by atoms with E-state index in [1.54, 1.807) is 49.2 Å². The minimum Gasteiger partial charge on any atom is -0.481 e. The van der Waals surface area contributed by atoms with Crippen LogP contribution in [-0.2, 0) is 39.9 Å². The number of aryl methyl sites for hydroxylation is 2. The fourth-order valence-electron chi connectivity index (χ4n) is 6.71. The summed E-state index contributed by atoms with van der Waals surface area (Å²) in [5.41, 5.74) is 1.44. The molecule has 6 rings (SSSR count). The second-order valence-corrected chi connectivity index (χ2v) is 16.3. The number of nitrogens with one attached hydrogen (secondary N) is 1. The van der Waals surface area contributed by atoms with Crippen molar-refractivity contribution in [2.24, 2.45) is 18.4 Å². The molecule has 0 saturated carbocycles. The highest BCUT2D eigenvalue weighted by Crippen LogP contribution is 2.39. The van der Waals surface area contributed by atoms with Crippen molar-refractivity contribution in [1.82, 2.24) is 29.7 Å². The van der Waals surface area contributed by atoms with Gasteiger partial charge in [0.05, 0.1) is 28.5 Å². The summed E-state index contributed by atoms with van der Waals surface area (Å²) in [4.78, 5) is 29.0. The van der Waals surface area contributed by atoms with E-state index >= 15 is 4.39 Å². The first-order valence-electron chi connectivity index (χ1n) is 16.4. The zero-order chi connectivity index (χ0) is 35.1. The number of hydrogen-bond acceptors (Lipinski definition) is 8. The van der Waals surface area contributed by atoms with E-state index in [-0.39, 0.29) is 30.1 Å². The van der Waals surface area contributed by atoms with E-state index in [0.717, 1.165) is 0 Å². The number of benzene rings is 1. The zero-order valence-corrected chi connectivity index (χ0v) is 29.1. The summed E-state index contributed by atoms with van der Waals surface area (Å²) >= 11 is 0. The van der Waals surface area contributed by atoms with Gasteiger partial charge in [-0.3, -0.25) is 14.8 Å². The third-order valence-electron chi connectivity index (χ3n) is 9.42. The van der Waals surface area contributed by atoms with Crippen LogP contribution in [0.3, 0.4) is 0 Å². The molecule has 1 aromatic carbocycles. The Morgan fingerprint density at radius 3 is 2.71 bits per heavy atom. The van der Waals surface area contributed by atoms with E-state index in [1.807, 2.05) is 39.0 Å². The summed E-state index contributed by atoms with van der Waals surface area (Å²) in [5, 5.41) is 15.0. The first-order chi connectivity index (χ1) is 23.1. The molecule has 258 valence electrons. The van der Waals surface area contributed by atoms with Gasteiger partial charge in [-0.15, -0.1) is 0 Å². The summed E-state index contributed by atoms with van der Waals surface area (Å²) in [6.07, 6.45) is 5.37. The number of ether oxygens (including phenoxy) is 1. The van der Waals surface area contributed by atoms with Crippen LogP contribution in [0.1, 0.15) is 69.7 Å². The quantitative estimate of drug-likeness (QED) is 0.218. The van der Waals surface area contributed by atoms with Crippen LogP contribution >= 0.6 is 0 Å². The number of pyridine rings is 2. The molecule has 0 spiro atoms. The van der Waals surface area contributed by atoms with Gasteiger partial charge in [0, 0.05) is 60.2 Å². The molecule has 1 aliphatic heterocycles. The molecule has 2 N–H and O–H groups in total. The number of H-pyrrole nitrogens is 1. The molecular formula is C36H41FN6O5S. The third-order valence-corrected chi connectivity index (χ3v) is 11.5. The van der Waals surface area contributed by atoms with E-state index < -0.39 is 38.4 Å². The maximum Gasteiger partial charge on any atom is 0.306 e. The van der Waals surface area contributed by atoms with Crippen molar-refractivity contribution in [3.8, 4) is 23.0 Å². The summed E-state index contributed by atoms with van der Waals surface area (Å²) in [5.74, 6) is -1.10. The first kappa shape index (κ1) is 34.2. The number of aromatic nitrogens is 6. The van der Waals surface area contributed by atoms with Gasteiger partial charge in [0.2, 0.25) is 0 Å². The minimum atomic E-state index is -3.56. The monoisotopic (exact) mass is 688 g/mol. The summed E-state index contributed by atoms with van der Waals surface area (Å²) < 4.78 is 50.7. The van der Waals surface area contributed by atoms with Crippen molar-refractivity contribution < 1.29 is 27.4 Å². The Kier molecular flexibility index (Phi) is 9.08. The summed E-state index contributed by atoms with van der Waals surface area (Å²) in [6.45, 7) is 7.55. The molecule has 1 aliphatic rings. The lowest BCUT2D eigenvalue weighted by Crippen LogP contribution is -2.30. The average molecular weight is 689 g/mol. The normalized spacial score (nSPS) is 20.0. The minimum absolute atomic E-state index is 0.0331. The molecule has 13 heteroatoms. The van der Waals surface area contributed by atoms with E-state index in [0.29, 0.717) is 70.2 Å². The van der Waals surface area contributed by atoms with E-state index in [4.69, 9.17) is 19.8 Å². The zero-order valence-electron chi connectivity index (χ0n) is 28.3. The molecule has 0 aliphatic carbocycles. The number of carboxylic acid groups (broad SMARTS) is 1. The lowest BCUT2D eigenvalue weighted by atomic mass is 9.78. The number of fused-ring (bicyclic) bond motifs is 8. The van der Waals surface area contributed by atoms with E-state index in [1.165, 1.54) is 6.07 Å². The molecule has 0 amide bonds. The van der Waals surface area contributed by atoms with Crippen molar-refractivity contribution in [1.29, 1.82) is 0 Å². The van der Waals surface area contributed by atoms with Crippen LogP contribution in [0, 0.1) is 17.2 Å². The number of nitrogens with zero attached hydrogens (tertiary/aromatic N) is 5. The molecule has 0 saturated heterocycles. The Hall–Kier alpha value is -4.65. The SMILES string of the molecule is C[C@@H](Cc1cccc(C2(C)CCCC(C)(C)CS(=O)(=O)CCc3c(c(F)cc4[nH]ccc34)Oc3ccnc(c3)-c3nc2nn3C)n1)C(=O)O. The maximum absolute atomic E-state index is 15.6. The topological polar surface area (TPSA) is 153 Å². The van der Waals surface area contributed by atoms with Gasteiger partial charge in [-0.05, 0) is 55.9 Å². The smallest absolute Gasteiger partial charge is 0.306 e. The number of aromatic amines is 1. The Bertz CT molecular complexity index is 2140. The number of aliphatic carboxylic acids is 1. The lowest BCUT2D eigenvalue weighted by molar-refractivity contribution is -0.141. The molecule has 0 fully saturated rings.